The number of carbonyl (C=O) groups is 2. The third kappa shape index (κ3) is 3.97. The van der Waals surface area contributed by atoms with E-state index < -0.39 is 41.7 Å². The number of amides is 2. The maximum atomic E-state index is 15.3. The standard InChI is InChI=1S/C19H24FNO6/c1-18(2)26-11-14(27-18)15(22)19(3,20)16(23)21-13(10-25-17(21)24)9-12-7-5-4-6-8-12/h4-8,13-15,22H,9-11H2,1-3H3/t13-,14+,15+,19+/m0/s1. The summed E-state index contributed by atoms with van der Waals surface area (Å²) in [5.41, 5.74) is -1.86. The van der Waals surface area contributed by atoms with Crippen molar-refractivity contribution in [2.75, 3.05) is 13.2 Å². The Balaban J connectivity index is 1.76. The number of carbonyl (C=O) groups excluding carboxylic acids is 2. The number of benzene rings is 1. The van der Waals surface area contributed by atoms with Gasteiger partial charge in [-0.2, -0.15) is 0 Å². The Hall–Kier alpha value is -2.03. The first-order chi connectivity index (χ1) is 12.6. The number of imide groups is 1. The van der Waals surface area contributed by atoms with E-state index in [9.17, 15) is 14.7 Å². The molecule has 27 heavy (non-hydrogen) atoms. The van der Waals surface area contributed by atoms with E-state index >= 15 is 4.39 Å². The van der Waals surface area contributed by atoms with E-state index in [1.165, 1.54) is 0 Å². The topological polar surface area (TPSA) is 85.3 Å². The maximum Gasteiger partial charge on any atom is 0.417 e. The summed E-state index contributed by atoms with van der Waals surface area (Å²) in [5.74, 6) is -2.13. The lowest BCUT2D eigenvalue weighted by atomic mass is 9.94. The first-order valence-electron chi connectivity index (χ1n) is 8.85. The number of aliphatic hydroxyl groups excluding tert-OH is 1. The second-order valence-corrected chi connectivity index (χ2v) is 7.48. The van der Waals surface area contributed by atoms with Gasteiger partial charge in [-0.3, -0.25) is 4.79 Å². The summed E-state index contributed by atoms with van der Waals surface area (Å²) in [6.07, 6.45) is -3.40. The van der Waals surface area contributed by atoms with E-state index in [4.69, 9.17) is 14.2 Å². The molecule has 2 amide bonds. The smallest absolute Gasteiger partial charge is 0.417 e. The molecule has 0 spiro atoms. The van der Waals surface area contributed by atoms with Gasteiger partial charge in [-0.1, -0.05) is 30.3 Å². The fourth-order valence-corrected chi connectivity index (χ4v) is 3.33. The van der Waals surface area contributed by atoms with E-state index in [0.717, 1.165) is 17.4 Å². The number of hydrogen-bond donors (Lipinski definition) is 1. The second-order valence-electron chi connectivity index (χ2n) is 7.48. The van der Waals surface area contributed by atoms with Crippen LogP contribution in [0.25, 0.3) is 0 Å². The van der Waals surface area contributed by atoms with E-state index in [1.54, 1.807) is 13.8 Å². The van der Waals surface area contributed by atoms with Crippen LogP contribution in [-0.4, -0.2) is 64.9 Å². The average Bonchev–Trinajstić information content (AvgIpc) is 3.16. The minimum absolute atomic E-state index is 0.0261. The van der Waals surface area contributed by atoms with Crippen LogP contribution < -0.4 is 0 Å². The number of rotatable bonds is 5. The highest BCUT2D eigenvalue weighted by Gasteiger charge is 2.54. The number of nitrogens with zero attached hydrogens (tertiary/aromatic N) is 1. The number of alkyl halides is 1. The van der Waals surface area contributed by atoms with Crippen molar-refractivity contribution >= 4 is 12.0 Å². The molecule has 1 N–H and O–H groups in total. The highest BCUT2D eigenvalue weighted by Crippen LogP contribution is 2.32. The van der Waals surface area contributed by atoms with Gasteiger partial charge in [-0.25, -0.2) is 14.1 Å². The van der Waals surface area contributed by atoms with Crippen LogP contribution in [0.1, 0.15) is 26.3 Å². The molecule has 2 saturated heterocycles. The van der Waals surface area contributed by atoms with Gasteiger partial charge >= 0.3 is 6.09 Å². The Bertz CT molecular complexity index is 707. The van der Waals surface area contributed by atoms with Crippen LogP contribution in [0.2, 0.25) is 0 Å². The molecule has 7 nitrogen and oxygen atoms in total. The van der Waals surface area contributed by atoms with Crippen LogP contribution in [0.15, 0.2) is 30.3 Å². The summed E-state index contributed by atoms with van der Waals surface area (Å²) in [6.45, 7) is 4.12. The lowest BCUT2D eigenvalue weighted by molar-refractivity contribution is -0.174. The Morgan fingerprint density at radius 3 is 2.63 bits per heavy atom. The number of hydrogen-bond acceptors (Lipinski definition) is 6. The summed E-state index contributed by atoms with van der Waals surface area (Å²) in [5, 5.41) is 10.4. The third-order valence-corrected chi connectivity index (χ3v) is 4.85. The molecule has 0 radical (unpaired) electrons. The predicted octanol–water partition coefficient (Wildman–Crippen LogP) is 1.82. The van der Waals surface area contributed by atoms with E-state index in [-0.39, 0.29) is 13.2 Å². The molecule has 2 aliphatic heterocycles. The van der Waals surface area contributed by atoms with Crippen LogP contribution >= 0.6 is 0 Å². The molecule has 2 fully saturated rings. The van der Waals surface area contributed by atoms with Crippen LogP contribution in [0, 0.1) is 0 Å². The lowest BCUT2D eigenvalue weighted by Gasteiger charge is -2.32. The SMILES string of the molecule is CC1(C)OC[C@H]([C@@H](O)[C@@](C)(F)C(=O)N2C(=O)OC[C@@H]2Cc2ccccc2)O1. The average molecular weight is 381 g/mol. The first kappa shape index (κ1) is 19.7. The molecule has 1 aromatic rings. The molecular formula is C19H24FNO6. The van der Waals surface area contributed by atoms with Crippen molar-refractivity contribution in [3.8, 4) is 0 Å². The minimum Gasteiger partial charge on any atom is -0.447 e. The van der Waals surface area contributed by atoms with Crippen LogP contribution in [0.4, 0.5) is 9.18 Å². The number of aliphatic hydroxyl groups is 1. The Labute approximate surface area is 157 Å². The highest BCUT2D eigenvalue weighted by atomic mass is 19.1. The van der Waals surface area contributed by atoms with Crippen LogP contribution in [0.5, 0.6) is 0 Å². The summed E-state index contributed by atoms with van der Waals surface area (Å²) in [6, 6.07) is 8.57. The Kier molecular flexibility index (Phi) is 5.24. The number of halogens is 1. The van der Waals surface area contributed by atoms with Crippen LogP contribution in [0.3, 0.4) is 0 Å². The van der Waals surface area contributed by atoms with E-state index in [2.05, 4.69) is 0 Å². The highest BCUT2D eigenvalue weighted by molar-refractivity contribution is 5.98. The van der Waals surface area contributed by atoms with E-state index in [0.29, 0.717) is 6.42 Å². The molecule has 0 aromatic heterocycles. The monoisotopic (exact) mass is 381 g/mol. The van der Waals surface area contributed by atoms with Crippen molar-refractivity contribution in [3.05, 3.63) is 35.9 Å². The lowest BCUT2D eigenvalue weighted by Crippen LogP contribution is -2.57. The molecule has 3 rings (SSSR count). The molecule has 4 atom stereocenters. The van der Waals surface area contributed by atoms with Gasteiger partial charge in [-0.05, 0) is 32.8 Å². The van der Waals surface area contributed by atoms with Gasteiger partial charge in [0.15, 0.2) is 5.79 Å². The van der Waals surface area contributed by atoms with Crippen molar-refractivity contribution in [2.45, 2.75) is 56.9 Å². The number of ether oxygens (including phenoxy) is 3. The van der Waals surface area contributed by atoms with Crippen molar-refractivity contribution in [1.29, 1.82) is 0 Å². The minimum atomic E-state index is -2.74. The predicted molar refractivity (Wildman–Crippen MR) is 92.6 cm³/mol. The normalized spacial score (nSPS) is 27.9. The van der Waals surface area contributed by atoms with Gasteiger partial charge < -0.3 is 19.3 Å². The fraction of sp³-hybridized carbons (Fsp3) is 0.579. The summed E-state index contributed by atoms with van der Waals surface area (Å²) in [7, 11) is 0. The summed E-state index contributed by atoms with van der Waals surface area (Å²) < 4.78 is 31.1. The first-order valence-corrected chi connectivity index (χ1v) is 8.85. The molecule has 0 aliphatic carbocycles. The largest absolute Gasteiger partial charge is 0.447 e. The Morgan fingerprint density at radius 2 is 2.04 bits per heavy atom. The van der Waals surface area contributed by atoms with Gasteiger partial charge in [-0.15, -0.1) is 0 Å². The van der Waals surface area contributed by atoms with Crippen molar-refractivity contribution in [3.63, 3.8) is 0 Å². The molecule has 2 heterocycles. The van der Waals surface area contributed by atoms with Gasteiger partial charge in [0.05, 0.1) is 12.6 Å². The van der Waals surface area contributed by atoms with Crippen LogP contribution in [-0.2, 0) is 25.4 Å². The molecule has 0 saturated carbocycles. The van der Waals surface area contributed by atoms with Gasteiger partial charge in [0, 0.05) is 0 Å². The zero-order valence-electron chi connectivity index (χ0n) is 15.6. The molecule has 0 bridgehead atoms. The molecule has 148 valence electrons. The number of cyclic esters (lactones) is 1. The maximum absolute atomic E-state index is 15.3. The molecule has 1 aromatic carbocycles. The quantitative estimate of drug-likeness (QED) is 0.837. The van der Waals surface area contributed by atoms with Crippen molar-refractivity contribution in [2.24, 2.45) is 0 Å². The van der Waals surface area contributed by atoms with Crippen molar-refractivity contribution in [1.82, 2.24) is 4.90 Å². The summed E-state index contributed by atoms with van der Waals surface area (Å²) >= 11 is 0. The van der Waals surface area contributed by atoms with E-state index in [1.807, 2.05) is 30.3 Å². The zero-order valence-corrected chi connectivity index (χ0v) is 15.6. The summed E-state index contributed by atoms with van der Waals surface area (Å²) in [4.78, 5) is 25.7. The van der Waals surface area contributed by atoms with Crippen molar-refractivity contribution < 1.29 is 33.3 Å². The van der Waals surface area contributed by atoms with Gasteiger partial charge in [0.2, 0.25) is 5.67 Å². The Morgan fingerprint density at radius 1 is 1.37 bits per heavy atom. The van der Waals surface area contributed by atoms with Gasteiger partial charge in [0.1, 0.15) is 18.8 Å². The molecular weight excluding hydrogens is 357 g/mol. The second kappa shape index (κ2) is 7.18. The fourth-order valence-electron chi connectivity index (χ4n) is 3.33. The molecule has 0 unspecified atom stereocenters. The molecule has 8 heteroatoms. The molecule has 2 aliphatic rings. The van der Waals surface area contributed by atoms with Gasteiger partial charge in [0.25, 0.3) is 5.91 Å². The third-order valence-electron chi connectivity index (χ3n) is 4.85. The zero-order chi connectivity index (χ0) is 19.8.